The number of hydrogen-bond acceptors (Lipinski definition) is 5. The molecule has 12 heteroatoms. The standard InChI is InChI=1S/C16H14F4N4O3S/c1-26-15-10(27-5-4-17)6-22-16(23-15)24-28(25)11-7-21-13-8(11)2-3-9(12(13)18)14(19)20/h2-3,6-7,14,21H,4-5H2,1H3,(H,22,23,24). The van der Waals surface area contributed by atoms with E-state index in [4.69, 9.17) is 9.47 Å². The summed E-state index contributed by atoms with van der Waals surface area (Å²) >= 11 is 0. The predicted molar refractivity (Wildman–Crippen MR) is 93.3 cm³/mol. The second kappa shape index (κ2) is 8.42. The smallest absolute Gasteiger partial charge is 0.266 e. The zero-order valence-corrected chi connectivity index (χ0v) is 15.2. The van der Waals surface area contributed by atoms with Gasteiger partial charge in [-0.2, -0.15) is 4.98 Å². The topological polar surface area (TPSA) is 89.1 Å². The van der Waals surface area contributed by atoms with Crippen molar-refractivity contribution in [2.24, 2.45) is 0 Å². The number of benzene rings is 1. The third-order valence-corrected chi connectivity index (χ3v) is 4.76. The zero-order valence-electron chi connectivity index (χ0n) is 14.3. The second-order valence-electron chi connectivity index (χ2n) is 5.32. The number of rotatable bonds is 8. The van der Waals surface area contributed by atoms with Gasteiger partial charge in [-0.3, -0.25) is 4.72 Å². The van der Waals surface area contributed by atoms with Crippen molar-refractivity contribution in [3.63, 3.8) is 0 Å². The van der Waals surface area contributed by atoms with E-state index in [0.717, 1.165) is 6.07 Å². The maximum Gasteiger partial charge on any atom is 0.266 e. The molecule has 0 amide bonds. The molecule has 3 rings (SSSR count). The molecule has 0 bridgehead atoms. The Balaban J connectivity index is 1.86. The molecular formula is C16H14F4N4O3S. The molecule has 150 valence electrons. The molecule has 2 aromatic heterocycles. The van der Waals surface area contributed by atoms with E-state index in [1.165, 1.54) is 25.6 Å². The highest BCUT2D eigenvalue weighted by molar-refractivity contribution is 7.86. The highest BCUT2D eigenvalue weighted by Crippen LogP contribution is 2.31. The lowest BCUT2D eigenvalue weighted by Crippen LogP contribution is -2.09. The van der Waals surface area contributed by atoms with Gasteiger partial charge in [0.05, 0.1) is 29.3 Å². The quantitative estimate of drug-likeness (QED) is 0.547. The van der Waals surface area contributed by atoms with Crippen LogP contribution in [0.1, 0.15) is 12.0 Å². The van der Waals surface area contributed by atoms with E-state index < -0.39 is 35.5 Å². The van der Waals surface area contributed by atoms with Gasteiger partial charge in [-0.25, -0.2) is 26.8 Å². The molecule has 2 heterocycles. The van der Waals surface area contributed by atoms with Gasteiger partial charge in [-0.1, -0.05) is 6.07 Å². The van der Waals surface area contributed by atoms with Gasteiger partial charge in [0, 0.05) is 11.6 Å². The predicted octanol–water partition coefficient (Wildman–Crippen LogP) is 3.53. The highest BCUT2D eigenvalue weighted by Gasteiger charge is 2.20. The van der Waals surface area contributed by atoms with E-state index in [1.807, 2.05) is 0 Å². The van der Waals surface area contributed by atoms with Gasteiger partial charge in [0.25, 0.3) is 12.3 Å². The Kier molecular flexibility index (Phi) is 5.97. The first kappa shape index (κ1) is 19.9. The first-order valence-corrected chi connectivity index (χ1v) is 8.97. The summed E-state index contributed by atoms with van der Waals surface area (Å²) in [7, 11) is -0.629. The third-order valence-electron chi connectivity index (χ3n) is 3.65. The number of halogens is 4. The van der Waals surface area contributed by atoms with Crippen molar-refractivity contribution in [2.75, 3.05) is 25.1 Å². The van der Waals surface area contributed by atoms with Crippen LogP contribution < -0.4 is 14.2 Å². The molecule has 1 aromatic carbocycles. The molecule has 0 saturated heterocycles. The minimum Gasteiger partial charge on any atom is -0.484 e. The van der Waals surface area contributed by atoms with Crippen molar-refractivity contribution in [3.8, 4) is 11.6 Å². The molecule has 7 nitrogen and oxygen atoms in total. The zero-order chi connectivity index (χ0) is 20.3. The minimum atomic E-state index is -2.97. The van der Waals surface area contributed by atoms with Gasteiger partial charge < -0.3 is 14.5 Å². The molecule has 0 aliphatic heterocycles. The average molecular weight is 418 g/mol. The molecular weight excluding hydrogens is 404 g/mol. The van der Waals surface area contributed by atoms with Crippen molar-refractivity contribution < 1.29 is 31.2 Å². The van der Waals surface area contributed by atoms with Crippen molar-refractivity contribution >= 4 is 27.8 Å². The molecule has 0 fully saturated rings. The van der Waals surface area contributed by atoms with Crippen LogP contribution in [0.25, 0.3) is 10.9 Å². The number of ether oxygens (including phenoxy) is 2. The number of H-pyrrole nitrogens is 1. The highest BCUT2D eigenvalue weighted by atomic mass is 32.2. The molecule has 0 saturated carbocycles. The van der Waals surface area contributed by atoms with Crippen molar-refractivity contribution in [1.82, 2.24) is 15.0 Å². The lowest BCUT2D eigenvalue weighted by Gasteiger charge is -2.10. The summed E-state index contributed by atoms with van der Waals surface area (Å²) < 4.78 is 77.2. The lowest BCUT2D eigenvalue weighted by atomic mass is 10.1. The summed E-state index contributed by atoms with van der Waals surface area (Å²) in [5.74, 6) is -1.11. The second-order valence-corrected chi connectivity index (χ2v) is 6.50. The van der Waals surface area contributed by atoms with Crippen LogP contribution in [0, 0.1) is 5.82 Å². The minimum absolute atomic E-state index is 0.00510. The molecule has 0 radical (unpaired) electrons. The number of aromatic amines is 1. The number of nitrogens with one attached hydrogen (secondary N) is 2. The van der Waals surface area contributed by atoms with Crippen molar-refractivity contribution in [2.45, 2.75) is 11.3 Å². The Labute approximate surface area is 158 Å². The maximum absolute atomic E-state index is 14.2. The lowest BCUT2D eigenvalue weighted by molar-refractivity contribution is 0.146. The van der Waals surface area contributed by atoms with Gasteiger partial charge in [0.15, 0.2) is 22.6 Å². The summed E-state index contributed by atoms with van der Waals surface area (Å²) in [4.78, 5) is 10.5. The molecule has 1 atom stereocenters. The van der Waals surface area contributed by atoms with Gasteiger partial charge in [0.2, 0.25) is 5.95 Å². The summed E-state index contributed by atoms with van der Waals surface area (Å²) in [5.41, 5.74) is -0.937. The fourth-order valence-corrected chi connectivity index (χ4v) is 3.32. The molecule has 1 unspecified atom stereocenters. The van der Waals surface area contributed by atoms with Crippen LogP contribution in [0.4, 0.5) is 23.5 Å². The molecule has 28 heavy (non-hydrogen) atoms. The normalized spacial score (nSPS) is 12.4. The van der Waals surface area contributed by atoms with Crippen LogP contribution in [-0.4, -0.2) is 39.6 Å². The Morgan fingerprint density at radius 2 is 2.14 bits per heavy atom. The van der Waals surface area contributed by atoms with Crippen LogP contribution in [0.2, 0.25) is 0 Å². The fraction of sp³-hybridized carbons (Fsp3) is 0.250. The largest absolute Gasteiger partial charge is 0.484 e. The van der Waals surface area contributed by atoms with E-state index >= 15 is 0 Å². The van der Waals surface area contributed by atoms with Gasteiger partial charge >= 0.3 is 0 Å². The van der Waals surface area contributed by atoms with E-state index in [0.29, 0.717) is 0 Å². The molecule has 0 aliphatic rings. The molecule has 2 N–H and O–H groups in total. The number of hydrogen-bond donors (Lipinski definition) is 2. The van der Waals surface area contributed by atoms with E-state index in [9.17, 15) is 21.8 Å². The van der Waals surface area contributed by atoms with Gasteiger partial charge in [-0.15, -0.1) is 0 Å². The Hall–Kier alpha value is -2.89. The van der Waals surface area contributed by atoms with Crippen LogP contribution in [-0.2, 0) is 11.0 Å². The summed E-state index contributed by atoms with van der Waals surface area (Å²) in [6.45, 7) is -0.919. The number of methoxy groups -OCH3 is 1. The summed E-state index contributed by atoms with van der Waals surface area (Å²) in [6.07, 6.45) is -0.522. The Morgan fingerprint density at radius 3 is 2.82 bits per heavy atom. The van der Waals surface area contributed by atoms with Crippen molar-refractivity contribution in [3.05, 3.63) is 35.9 Å². The number of fused-ring (bicyclic) bond motifs is 1. The van der Waals surface area contributed by atoms with Crippen LogP contribution >= 0.6 is 0 Å². The SMILES string of the molecule is COc1nc(NS(=O)c2c[nH]c3c(F)c(C(F)F)ccc23)ncc1OCCF. The van der Waals surface area contributed by atoms with Crippen LogP contribution in [0.5, 0.6) is 11.6 Å². The van der Waals surface area contributed by atoms with E-state index in [2.05, 4.69) is 19.7 Å². The monoisotopic (exact) mass is 418 g/mol. The number of alkyl halides is 3. The average Bonchev–Trinajstić information content (AvgIpc) is 3.12. The molecule has 3 aromatic rings. The number of aromatic nitrogens is 3. The van der Waals surface area contributed by atoms with Crippen LogP contribution in [0.15, 0.2) is 29.4 Å². The van der Waals surface area contributed by atoms with Crippen LogP contribution in [0.3, 0.4) is 0 Å². The molecule has 0 spiro atoms. The van der Waals surface area contributed by atoms with Gasteiger partial charge in [-0.05, 0) is 6.07 Å². The van der Waals surface area contributed by atoms with E-state index in [1.54, 1.807) is 0 Å². The number of nitrogens with zero attached hydrogens (tertiary/aromatic N) is 2. The Bertz CT molecular complexity index is 1010. The summed E-state index contributed by atoms with van der Waals surface area (Å²) in [5, 5.41) is 0.169. The van der Waals surface area contributed by atoms with E-state index in [-0.39, 0.29) is 40.0 Å². The maximum atomic E-state index is 14.2. The Morgan fingerprint density at radius 1 is 1.36 bits per heavy atom. The third kappa shape index (κ3) is 3.86. The van der Waals surface area contributed by atoms with Gasteiger partial charge in [0.1, 0.15) is 13.3 Å². The number of anilines is 1. The van der Waals surface area contributed by atoms with Crippen molar-refractivity contribution in [1.29, 1.82) is 0 Å². The fourth-order valence-electron chi connectivity index (χ4n) is 2.41. The summed E-state index contributed by atoms with van der Waals surface area (Å²) in [6, 6.07) is 2.19. The first-order valence-electron chi connectivity index (χ1n) is 7.82. The molecule has 0 aliphatic carbocycles. The first-order chi connectivity index (χ1) is 13.5.